The van der Waals surface area contributed by atoms with E-state index >= 15 is 0 Å². The molecule has 1 amide bonds. The molecule has 0 spiro atoms. The average Bonchev–Trinajstić information content (AvgIpc) is 2.94. The zero-order valence-electron chi connectivity index (χ0n) is 22.9. The van der Waals surface area contributed by atoms with Crippen LogP contribution >= 0.6 is 15.9 Å². The van der Waals surface area contributed by atoms with Crippen LogP contribution in [0.15, 0.2) is 30.3 Å². The number of rotatable bonds is 8. The highest BCUT2D eigenvalue weighted by Crippen LogP contribution is 2.42. The zero-order valence-corrected chi connectivity index (χ0v) is 25.5. The fourth-order valence-corrected chi connectivity index (χ4v) is 5.88. The second-order valence-electron chi connectivity index (χ2n) is 12.4. The number of ether oxygens (including phenoxy) is 2. The topological polar surface area (TPSA) is 48.0 Å². The summed E-state index contributed by atoms with van der Waals surface area (Å²) >= 11 is 3.60. The molecule has 0 aliphatic carbocycles. The Hall–Kier alpha value is -0.893. The fourth-order valence-electron chi connectivity index (χ4n) is 4.19. The Morgan fingerprint density at radius 3 is 2.24 bits per heavy atom. The van der Waals surface area contributed by atoms with E-state index in [-0.39, 0.29) is 29.4 Å². The van der Waals surface area contributed by atoms with E-state index < -0.39 is 19.6 Å². The second-order valence-corrected chi connectivity index (χ2v) is 17.9. The van der Waals surface area contributed by atoms with Crippen LogP contribution in [0.25, 0.3) is 0 Å². The zero-order chi connectivity index (χ0) is 25.9. The Morgan fingerprint density at radius 2 is 1.74 bits per heavy atom. The summed E-state index contributed by atoms with van der Waals surface area (Å²) in [5, 5.41) is 0.979. The number of nitrogens with zero attached hydrogens (tertiary/aromatic N) is 1. The van der Waals surface area contributed by atoms with Gasteiger partial charge in [0.05, 0.1) is 12.1 Å². The van der Waals surface area contributed by atoms with Crippen LogP contribution in [-0.4, -0.2) is 54.2 Å². The number of alkyl halides is 1. The van der Waals surface area contributed by atoms with Crippen molar-refractivity contribution in [3.8, 4) is 0 Å². The number of carbonyl (C=O) groups is 1. The monoisotopic (exact) mass is 555 g/mol. The molecule has 1 saturated heterocycles. The lowest BCUT2D eigenvalue weighted by molar-refractivity contribution is -0.102. The molecule has 194 valence electrons. The van der Waals surface area contributed by atoms with Crippen LogP contribution in [-0.2, 0) is 20.3 Å². The van der Waals surface area contributed by atoms with Gasteiger partial charge in [-0.15, -0.1) is 0 Å². The molecule has 34 heavy (non-hydrogen) atoms. The Kier molecular flexibility index (Phi) is 9.51. The first-order valence-electron chi connectivity index (χ1n) is 12.5. The molecule has 1 aliphatic rings. The Bertz CT molecular complexity index is 801. The predicted octanol–water partition coefficient (Wildman–Crippen LogP) is 7.54. The number of benzene rings is 1. The van der Waals surface area contributed by atoms with Gasteiger partial charge in [0.1, 0.15) is 17.4 Å². The van der Waals surface area contributed by atoms with Gasteiger partial charge in [-0.25, -0.2) is 4.79 Å². The molecule has 2 rings (SSSR count). The summed E-state index contributed by atoms with van der Waals surface area (Å²) in [7, 11) is -2.07. The maximum absolute atomic E-state index is 13.5. The maximum atomic E-state index is 13.5. The quantitative estimate of drug-likeness (QED) is 0.245. The highest BCUT2D eigenvalue weighted by molar-refractivity contribution is 9.09. The summed E-state index contributed by atoms with van der Waals surface area (Å²) in [6, 6.07) is 10.1. The minimum absolute atomic E-state index is 0.0769. The molecule has 0 bridgehead atoms. The standard InChI is InChI=1S/C27H46BrNO4Si/c1-25(2,3)32-24(30)29-21(19-20-15-12-11-13-16-20)23(31-27(29,7)8)22(17-14-18-28)33-34(9,10)26(4,5)6/h11-13,15-16,21-23H,14,17-19H2,1-10H3/t21-,22?,23+/m1/s1. The highest BCUT2D eigenvalue weighted by Gasteiger charge is 2.54. The van der Waals surface area contributed by atoms with Crippen molar-refractivity contribution in [2.24, 2.45) is 0 Å². The molecule has 1 unspecified atom stereocenters. The van der Waals surface area contributed by atoms with Crippen LogP contribution in [0.5, 0.6) is 0 Å². The van der Waals surface area contributed by atoms with Crippen LogP contribution < -0.4 is 0 Å². The smallest absolute Gasteiger partial charge is 0.412 e. The van der Waals surface area contributed by atoms with Gasteiger partial charge in [-0.05, 0) is 77.6 Å². The van der Waals surface area contributed by atoms with E-state index in [0.29, 0.717) is 6.42 Å². The lowest BCUT2D eigenvalue weighted by atomic mass is 9.95. The lowest BCUT2D eigenvalue weighted by Gasteiger charge is -2.41. The third kappa shape index (κ3) is 7.55. The van der Waals surface area contributed by atoms with Crippen LogP contribution in [0.3, 0.4) is 0 Å². The molecule has 3 atom stereocenters. The third-order valence-corrected chi connectivity index (χ3v) is 11.9. The first kappa shape index (κ1) is 29.3. The predicted molar refractivity (Wildman–Crippen MR) is 146 cm³/mol. The van der Waals surface area contributed by atoms with Crippen LogP contribution in [0.2, 0.25) is 18.1 Å². The Balaban J connectivity index is 2.50. The summed E-state index contributed by atoms with van der Waals surface area (Å²) in [5.41, 5.74) is -0.232. The summed E-state index contributed by atoms with van der Waals surface area (Å²) < 4.78 is 19.6. The van der Waals surface area contributed by atoms with Gasteiger partial charge in [-0.2, -0.15) is 0 Å². The number of halogens is 1. The lowest BCUT2D eigenvalue weighted by Crippen LogP contribution is -2.53. The summed E-state index contributed by atoms with van der Waals surface area (Å²) in [5.74, 6) is 0. The summed E-state index contributed by atoms with van der Waals surface area (Å²) in [4.78, 5) is 15.3. The number of amides is 1. The first-order valence-corrected chi connectivity index (χ1v) is 16.5. The molecule has 7 heteroatoms. The molecule has 1 heterocycles. The number of hydrogen-bond acceptors (Lipinski definition) is 4. The summed E-state index contributed by atoms with van der Waals surface area (Å²) in [6.07, 6.45) is 1.82. The summed E-state index contributed by atoms with van der Waals surface area (Å²) in [6.45, 7) is 21.0. The minimum Gasteiger partial charge on any atom is -0.444 e. The van der Waals surface area contributed by atoms with Crippen molar-refractivity contribution in [2.75, 3.05) is 5.33 Å². The van der Waals surface area contributed by atoms with Crippen molar-refractivity contribution in [1.82, 2.24) is 4.90 Å². The molecule has 1 fully saturated rings. The molecular formula is C27H46BrNO4Si. The average molecular weight is 557 g/mol. The normalized spacial score (nSPS) is 22.0. The maximum Gasteiger partial charge on any atom is 0.412 e. The van der Waals surface area contributed by atoms with E-state index in [2.05, 4.69) is 61.9 Å². The van der Waals surface area contributed by atoms with E-state index in [1.165, 1.54) is 5.56 Å². The SMILES string of the molecule is CC(C)(C)OC(=O)N1[C@H](Cc2ccccc2)[C@@H](C(CCCBr)O[Si](C)(C)C(C)(C)C)OC1(C)C. The van der Waals surface area contributed by atoms with Crippen molar-refractivity contribution >= 4 is 30.3 Å². The largest absolute Gasteiger partial charge is 0.444 e. The highest BCUT2D eigenvalue weighted by atomic mass is 79.9. The third-order valence-electron chi connectivity index (χ3n) is 6.83. The Labute approximate surface area is 217 Å². The molecule has 0 radical (unpaired) electrons. The van der Waals surface area contributed by atoms with Gasteiger partial charge in [-0.1, -0.05) is 67.0 Å². The minimum atomic E-state index is -2.07. The molecule has 0 N–H and O–H groups in total. The molecule has 1 aromatic carbocycles. The second kappa shape index (κ2) is 11.0. The van der Waals surface area contributed by atoms with E-state index in [0.717, 1.165) is 18.2 Å². The van der Waals surface area contributed by atoms with Gasteiger partial charge < -0.3 is 13.9 Å². The molecule has 0 aromatic heterocycles. The van der Waals surface area contributed by atoms with Gasteiger partial charge in [0, 0.05) is 5.33 Å². The van der Waals surface area contributed by atoms with Crippen molar-refractivity contribution in [2.45, 2.75) is 122 Å². The van der Waals surface area contributed by atoms with Gasteiger partial charge in [0.15, 0.2) is 8.32 Å². The molecule has 1 aliphatic heterocycles. The number of carbonyl (C=O) groups excluding carboxylic acids is 1. The first-order chi connectivity index (χ1) is 15.5. The van der Waals surface area contributed by atoms with Crippen molar-refractivity contribution in [3.05, 3.63) is 35.9 Å². The van der Waals surface area contributed by atoms with Crippen molar-refractivity contribution in [3.63, 3.8) is 0 Å². The van der Waals surface area contributed by atoms with Gasteiger partial charge in [-0.3, -0.25) is 4.90 Å². The molecule has 5 nitrogen and oxygen atoms in total. The van der Waals surface area contributed by atoms with Crippen LogP contribution in [0.1, 0.15) is 73.8 Å². The van der Waals surface area contributed by atoms with E-state index in [9.17, 15) is 4.79 Å². The van der Waals surface area contributed by atoms with E-state index in [1.54, 1.807) is 0 Å². The molecular weight excluding hydrogens is 510 g/mol. The number of hydrogen-bond donors (Lipinski definition) is 0. The van der Waals surface area contributed by atoms with Crippen molar-refractivity contribution in [1.29, 1.82) is 0 Å². The molecule has 0 saturated carbocycles. The van der Waals surface area contributed by atoms with Crippen molar-refractivity contribution < 1.29 is 18.7 Å². The van der Waals surface area contributed by atoms with Gasteiger partial charge in [0.2, 0.25) is 0 Å². The van der Waals surface area contributed by atoms with E-state index in [1.807, 2.05) is 57.7 Å². The van der Waals surface area contributed by atoms with Gasteiger partial charge in [0.25, 0.3) is 0 Å². The Morgan fingerprint density at radius 1 is 1.15 bits per heavy atom. The fraction of sp³-hybridized carbons (Fsp3) is 0.741. The van der Waals surface area contributed by atoms with E-state index in [4.69, 9.17) is 13.9 Å². The van der Waals surface area contributed by atoms with Gasteiger partial charge >= 0.3 is 6.09 Å². The van der Waals surface area contributed by atoms with Crippen LogP contribution in [0.4, 0.5) is 4.79 Å². The molecule has 1 aromatic rings. The van der Waals surface area contributed by atoms with Crippen LogP contribution in [0, 0.1) is 0 Å².